The maximum atomic E-state index is 4.36. The van der Waals surface area contributed by atoms with Crippen molar-refractivity contribution < 1.29 is 0 Å². The van der Waals surface area contributed by atoms with E-state index >= 15 is 0 Å². The van der Waals surface area contributed by atoms with Crippen LogP contribution in [0.5, 0.6) is 0 Å². The minimum absolute atomic E-state index is 0.850. The summed E-state index contributed by atoms with van der Waals surface area (Å²) in [5.41, 5.74) is 5.91. The van der Waals surface area contributed by atoms with Crippen molar-refractivity contribution in [2.24, 2.45) is 0 Å². The lowest BCUT2D eigenvalue weighted by molar-refractivity contribution is 1.18. The molecule has 0 spiro atoms. The zero-order valence-corrected chi connectivity index (χ0v) is 15.5. The highest BCUT2D eigenvalue weighted by molar-refractivity contribution is 9.10. The fraction of sp³-hybridized carbons (Fsp3) is 0. The van der Waals surface area contributed by atoms with E-state index in [2.05, 4.69) is 104 Å². The van der Waals surface area contributed by atoms with E-state index in [9.17, 15) is 0 Å². The van der Waals surface area contributed by atoms with Crippen molar-refractivity contribution in [1.82, 2.24) is 9.55 Å². The first-order valence-electron chi connectivity index (χ1n) is 8.52. The number of hydrogen-bond donors (Lipinski definition) is 0. The highest BCUT2D eigenvalue weighted by Crippen LogP contribution is 2.34. The standard InChI is InChI=1S/C23H15BrN2/c24-23-13-11-17(15-25-23)16-10-12-22-20(14-16)19-8-4-5-9-21(19)26(22)18-6-2-1-3-7-18/h1-15H. The van der Waals surface area contributed by atoms with Crippen molar-refractivity contribution in [3.63, 3.8) is 0 Å². The van der Waals surface area contributed by atoms with Gasteiger partial charge in [0.25, 0.3) is 0 Å². The van der Waals surface area contributed by atoms with Gasteiger partial charge < -0.3 is 4.57 Å². The number of nitrogens with zero attached hydrogens (tertiary/aromatic N) is 2. The molecule has 0 amide bonds. The molecule has 2 nitrogen and oxygen atoms in total. The summed E-state index contributed by atoms with van der Waals surface area (Å²) in [7, 11) is 0. The molecule has 3 heteroatoms. The predicted octanol–water partition coefficient (Wildman–Crippen LogP) is 6.61. The van der Waals surface area contributed by atoms with Crippen LogP contribution in [-0.2, 0) is 0 Å². The Morgan fingerprint density at radius 2 is 1.38 bits per heavy atom. The zero-order chi connectivity index (χ0) is 17.5. The Morgan fingerprint density at radius 1 is 0.654 bits per heavy atom. The highest BCUT2D eigenvalue weighted by atomic mass is 79.9. The Hall–Kier alpha value is -2.91. The molecule has 5 aromatic rings. The van der Waals surface area contributed by atoms with Crippen molar-refractivity contribution in [2.45, 2.75) is 0 Å². The van der Waals surface area contributed by atoms with Crippen LogP contribution in [0.2, 0.25) is 0 Å². The Bertz CT molecular complexity index is 1220. The van der Waals surface area contributed by atoms with Crippen LogP contribution in [0.25, 0.3) is 38.6 Å². The summed E-state index contributed by atoms with van der Waals surface area (Å²) >= 11 is 3.41. The van der Waals surface area contributed by atoms with Crippen molar-refractivity contribution in [1.29, 1.82) is 0 Å². The van der Waals surface area contributed by atoms with Crippen molar-refractivity contribution >= 4 is 37.7 Å². The fourth-order valence-electron chi connectivity index (χ4n) is 3.55. The first-order chi connectivity index (χ1) is 12.8. The summed E-state index contributed by atoms with van der Waals surface area (Å²) < 4.78 is 3.18. The largest absolute Gasteiger partial charge is 0.309 e. The molecule has 0 fully saturated rings. The molecule has 0 radical (unpaired) electrons. The van der Waals surface area contributed by atoms with E-state index in [0.29, 0.717) is 0 Å². The van der Waals surface area contributed by atoms with Gasteiger partial charge in [-0.2, -0.15) is 0 Å². The number of hydrogen-bond acceptors (Lipinski definition) is 1. The topological polar surface area (TPSA) is 17.8 Å². The molecule has 0 saturated carbocycles. The molecule has 0 saturated heterocycles. The van der Waals surface area contributed by atoms with Crippen LogP contribution < -0.4 is 0 Å². The smallest absolute Gasteiger partial charge is 0.106 e. The molecule has 26 heavy (non-hydrogen) atoms. The van der Waals surface area contributed by atoms with Gasteiger partial charge in [0.2, 0.25) is 0 Å². The Balaban J connectivity index is 1.82. The van der Waals surface area contributed by atoms with E-state index in [-0.39, 0.29) is 0 Å². The molecule has 124 valence electrons. The third-order valence-electron chi connectivity index (χ3n) is 4.75. The monoisotopic (exact) mass is 398 g/mol. The molecule has 2 aromatic heterocycles. The normalized spacial score (nSPS) is 11.3. The number of pyridine rings is 1. The van der Waals surface area contributed by atoms with Gasteiger partial charge in [-0.05, 0) is 57.9 Å². The molecule has 0 unspecified atom stereocenters. The van der Waals surface area contributed by atoms with E-state index in [0.717, 1.165) is 10.2 Å². The fourth-order valence-corrected chi connectivity index (χ4v) is 3.79. The van der Waals surface area contributed by atoms with Gasteiger partial charge in [0.15, 0.2) is 0 Å². The van der Waals surface area contributed by atoms with Gasteiger partial charge in [-0.15, -0.1) is 0 Å². The first kappa shape index (κ1) is 15.4. The molecule has 0 aliphatic rings. The predicted molar refractivity (Wildman–Crippen MR) is 112 cm³/mol. The second-order valence-electron chi connectivity index (χ2n) is 6.29. The van der Waals surface area contributed by atoms with Crippen LogP contribution >= 0.6 is 15.9 Å². The van der Waals surface area contributed by atoms with Crippen LogP contribution in [0.4, 0.5) is 0 Å². The molecular formula is C23H15BrN2. The van der Waals surface area contributed by atoms with Gasteiger partial charge in [0, 0.05) is 28.2 Å². The van der Waals surface area contributed by atoms with Gasteiger partial charge in [0.05, 0.1) is 11.0 Å². The van der Waals surface area contributed by atoms with Crippen LogP contribution in [0.1, 0.15) is 0 Å². The lowest BCUT2D eigenvalue weighted by Gasteiger charge is -2.08. The first-order valence-corrected chi connectivity index (χ1v) is 9.31. The average Bonchev–Trinajstić information content (AvgIpc) is 3.03. The maximum absolute atomic E-state index is 4.36. The number of aromatic nitrogens is 2. The second-order valence-corrected chi connectivity index (χ2v) is 7.10. The van der Waals surface area contributed by atoms with Gasteiger partial charge in [-0.1, -0.05) is 48.5 Å². The van der Waals surface area contributed by atoms with E-state index in [4.69, 9.17) is 0 Å². The molecule has 0 aliphatic carbocycles. The number of benzene rings is 3. The zero-order valence-electron chi connectivity index (χ0n) is 13.9. The third kappa shape index (κ3) is 2.44. The van der Waals surface area contributed by atoms with Crippen molar-refractivity contribution in [3.05, 3.63) is 95.7 Å². The summed E-state index contributed by atoms with van der Waals surface area (Å²) in [6, 6.07) is 29.8. The molecule has 0 atom stereocenters. The van der Waals surface area contributed by atoms with E-state index in [1.54, 1.807) is 0 Å². The lowest BCUT2D eigenvalue weighted by Crippen LogP contribution is -1.92. The van der Waals surface area contributed by atoms with E-state index < -0.39 is 0 Å². The maximum Gasteiger partial charge on any atom is 0.106 e. The summed E-state index contributed by atoms with van der Waals surface area (Å²) in [5.74, 6) is 0. The van der Waals surface area contributed by atoms with Crippen molar-refractivity contribution in [3.8, 4) is 16.8 Å². The molecule has 0 bridgehead atoms. The van der Waals surface area contributed by atoms with Gasteiger partial charge in [-0.25, -0.2) is 4.98 Å². The molecular weight excluding hydrogens is 384 g/mol. The van der Waals surface area contributed by atoms with Gasteiger partial charge in [0.1, 0.15) is 4.60 Å². The molecule has 0 N–H and O–H groups in total. The quantitative estimate of drug-likeness (QED) is 0.306. The molecule has 0 aliphatic heterocycles. The second kappa shape index (κ2) is 6.11. The molecule has 2 heterocycles. The number of para-hydroxylation sites is 2. The average molecular weight is 399 g/mol. The Morgan fingerprint density at radius 3 is 2.19 bits per heavy atom. The van der Waals surface area contributed by atoms with Crippen LogP contribution in [-0.4, -0.2) is 9.55 Å². The number of halogens is 1. The van der Waals surface area contributed by atoms with Crippen molar-refractivity contribution in [2.75, 3.05) is 0 Å². The van der Waals surface area contributed by atoms with Crippen LogP contribution in [0, 0.1) is 0 Å². The van der Waals surface area contributed by atoms with Gasteiger partial charge >= 0.3 is 0 Å². The number of rotatable bonds is 2. The summed E-state index contributed by atoms with van der Waals surface area (Å²) in [6.45, 7) is 0. The summed E-state index contributed by atoms with van der Waals surface area (Å²) in [4.78, 5) is 4.36. The Labute approximate surface area is 159 Å². The minimum atomic E-state index is 0.850. The number of fused-ring (bicyclic) bond motifs is 3. The summed E-state index contributed by atoms with van der Waals surface area (Å²) in [6.07, 6.45) is 1.90. The van der Waals surface area contributed by atoms with Gasteiger partial charge in [-0.3, -0.25) is 0 Å². The summed E-state index contributed by atoms with van der Waals surface area (Å²) in [5, 5.41) is 2.52. The third-order valence-corrected chi connectivity index (χ3v) is 5.22. The van der Waals surface area contributed by atoms with E-state index in [1.807, 2.05) is 12.3 Å². The van der Waals surface area contributed by atoms with Crippen LogP contribution in [0.3, 0.4) is 0 Å². The van der Waals surface area contributed by atoms with Crippen LogP contribution in [0.15, 0.2) is 95.7 Å². The lowest BCUT2D eigenvalue weighted by atomic mass is 10.0. The van der Waals surface area contributed by atoms with E-state index in [1.165, 1.54) is 33.1 Å². The highest BCUT2D eigenvalue weighted by Gasteiger charge is 2.12. The molecule has 3 aromatic carbocycles. The Kier molecular flexibility index (Phi) is 3.61. The minimum Gasteiger partial charge on any atom is -0.309 e. The molecule has 5 rings (SSSR count). The SMILES string of the molecule is Brc1ccc(-c2ccc3c(c2)c2ccccc2n3-c2ccccc2)cn1.